The molecular formula is C13H15N. The van der Waals surface area contributed by atoms with Crippen LogP contribution in [-0.2, 0) is 6.42 Å². The minimum atomic E-state index is 0.933. The summed E-state index contributed by atoms with van der Waals surface area (Å²) in [5.41, 5.74) is 3.76. The summed E-state index contributed by atoms with van der Waals surface area (Å²) in [5, 5.41) is 0. The fraction of sp³-hybridized carbons (Fsp3) is 0.308. The standard InChI is InChI=1S/C13H15N/c1-2-11-6-5-7-12(10-11)13-8-3-4-9-14-13/h3,5-8,10H,2,4,9H2,1H3. The maximum Gasteiger partial charge on any atom is 0.0643 e. The number of allylic oxidation sites excluding steroid dienone is 1. The van der Waals surface area contributed by atoms with Crippen molar-refractivity contribution in [1.29, 1.82) is 0 Å². The number of nitrogens with zero attached hydrogens (tertiary/aromatic N) is 1. The minimum absolute atomic E-state index is 0.933. The Labute approximate surface area is 85.2 Å². The van der Waals surface area contributed by atoms with E-state index in [2.05, 4.69) is 48.3 Å². The molecule has 1 aliphatic rings. The number of hydrogen-bond acceptors (Lipinski definition) is 1. The van der Waals surface area contributed by atoms with Gasteiger partial charge in [0.1, 0.15) is 0 Å². The lowest BCUT2D eigenvalue weighted by Gasteiger charge is -2.07. The average Bonchev–Trinajstić information content (AvgIpc) is 2.30. The van der Waals surface area contributed by atoms with Crippen molar-refractivity contribution in [2.24, 2.45) is 4.99 Å². The molecular weight excluding hydrogens is 170 g/mol. The van der Waals surface area contributed by atoms with E-state index in [1.165, 1.54) is 11.1 Å². The van der Waals surface area contributed by atoms with Gasteiger partial charge in [-0.15, -0.1) is 0 Å². The van der Waals surface area contributed by atoms with Crippen LogP contribution < -0.4 is 0 Å². The van der Waals surface area contributed by atoms with Gasteiger partial charge in [0.25, 0.3) is 0 Å². The molecule has 0 atom stereocenters. The Morgan fingerprint density at radius 1 is 1.36 bits per heavy atom. The Bertz CT molecular complexity index is 375. The zero-order valence-electron chi connectivity index (χ0n) is 8.53. The molecule has 0 N–H and O–H groups in total. The average molecular weight is 185 g/mol. The Hall–Kier alpha value is -1.37. The molecule has 1 heteroatoms. The smallest absolute Gasteiger partial charge is 0.0643 e. The number of aliphatic imine (C=N–C) groups is 1. The third-order valence-corrected chi connectivity index (χ3v) is 2.48. The molecule has 1 aromatic rings. The van der Waals surface area contributed by atoms with Crippen LogP contribution in [0.25, 0.3) is 0 Å². The van der Waals surface area contributed by atoms with Gasteiger partial charge in [-0.05, 0) is 36.1 Å². The van der Waals surface area contributed by atoms with Crippen LogP contribution in [-0.4, -0.2) is 12.3 Å². The summed E-state index contributed by atoms with van der Waals surface area (Å²) in [5.74, 6) is 0. The van der Waals surface area contributed by atoms with Crippen molar-refractivity contribution in [3.8, 4) is 0 Å². The zero-order chi connectivity index (χ0) is 9.80. The Morgan fingerprint density at radius 2 is 2.29 bits per heavy atom. The minimum Gasteiger partial charge on any atom is -0.284 e. The summed E-state index contributed by atoms with van der Waals surface area (Å²) in [4.78, 5) is 4.50. The van der Waals surface area contributed by atoms with E-state index in [4.69, 9.17) is 0 Å². The van der Waals surface area contributed by atoms with E-state index < -0.39 is 0 Å². The Kier molecular flexibility index (Phi) is 2.78. The second-order valence-electron chi connectivity index (χ2n) is 3.51. The highest BCUT2D eigenvalue weighted by atomic mass is 14.7. The molecule has 0 fully saturated rings. The molecule has 0 saturated carbocycles. The fourth-order valence-electron chi connectivity index (χ4n) is 1.65. The SMILES string of the molecule is CCc1cccc(C2=NCCC=C2)c1. The number of dihydropyridines is 1. The molecule has 1 aliphatic heterocycles. The van der Waals surface area contributed by atoms with E-state index in [0.717, 1.165) is 25.1 Å². The summed E-state index contributed by atoms with van der Waals surface area (Å²) in [6.07, 6.45) is 6.49. The van der Waals surface area contributed by atoms with Crippen LogP contribution in [0.3, 0.4) is 0 Å². The van der Waals surface area contributed by atoms with Gasteiger partial charge in [-0.1, -0.05) is 31.2 Å². The van der Waals surface area contributed by atoms with Crippen LogP contribution >= 0.6 is 0 Å². The van der Waals surface area contributed by atoms with Gasteiger partial charge in [0.15, 0.2) is 0 Å². The van der Waals surface area contributed by atoms with Gasteiger partial charge in [-0.25, -0.2) is 0 Å². The fourth-order valence-corrected chi connectivity index (χ4v) is 1.65. The first-order valence-electron chi connectivity index (χ1n) is 5.20. The quantitative estimate of drug-likeness (QED) is 0.671. The first-order chi connectivity index (χ1) is 6.90. The van der Waals surface area contributed by atoms with Crippen molar-refractivity contribution in [1.82, 2.24) is 0 Å². The van der Waals surface area contributed by atoms with Crippen molar-refractivity contribution in [2.45, 2.75) is 19.8 Å². The summed E-state index contributed by atoms with van der Waals surface area (Å²) < 4.78 is 0. The van der Waals surface area contributed by atoms with Gasteiger partial charge < -0.3 is 0 Å². The lowest BCUT2D eigenvalue weighted by atomic mass is 10.0. The van der Waals surface area contributed by atoms with Crippen LogP contribution in [0.2, 0.25) is 0 Å². The Balaban J connectivity index is 2.31. The van der Waals surface area contributed by atoms with Crippen LogP contribution in [0.5, 0.6) is 0 Å². The van der Waals surface area contributed by atoms with Gasteiger partial charge in [-0.2, -0.15) is 0 Å². The van der Waals surface area contributed by atoms with E-state index in [1.807, 2.05) is 0 Å². The monoisotopic (exact) mass is 185 g/mol. The molecule has 0 aromatic heterocycles. The second kappa shape index (κ2) is 4.23. The van der Waals surface area contributed by atoms with Crippen molar-refractivity contribution >= 4 is 5.71 Å². The topological polar surface area (TPSA) is 12.4 Å². The molecule has 72 valence electrons. The van der Waals surface area contributed by atoms with E-state index in [1.54, 1.807) is 0 Å². The van der Waals surface area contributed by atoms with Gasteiger partial charge in [0, 0.05) is 6.54 Å². The van der Waals surface area contributed by atoms with E-state index in [-0.39, 0.29) is 0 Å². The molecule has 0 aliphatic carbocycles. The summed E-state index contributed by atoms with van der Waals surface area (Å²) >= 11 is 0. The molecule has 0 saturated heterocycles. The number of hydrogen-bond donors (Lipinski definition) is 0. The largest absolute Gasteiger partial charge is 0.284 e. The third-order valence-electron chi connectivity index (χ3n) is 2.48. The second-order valence-corrected chi connectivity index (χ2v) is 3.51. The van der Waals surface area contributed by atoms with Crippen molar-refractivity contribution in [3.05, 3.63) is 47.5 Å². The predicted octanol–water partition coefficient (Wildman–Crippen LogP) is 3.00. The summed E-state index contributed by atoms with van der Waals surface area (Å²) in [6, 6.07) is 8.64. The predicted molar refractivity (Wildman–Crippen MR) is 61.0 cm³/mol. The molecule has 0 bridgehead atoms. The highest BCUT2D eigenvalue weighted by molar-refractivity contribution is 6.09. The van der Waals surface area contributed by atoms with Crippen LogP contribution in [0.15, 0.2) is 41.4 Å². The summed E-state index contributed by atoms with van der Waals surface area (Å²) in [6.45, 7) is 3.11. The Morgan fingerprint density at radius 3 is 3.00 bits per heavy atom. The van der Waals surface area contributed by atoms with E-state index in [0.29, 0.717) is 0 Å². The molecule has 1 aromatic carbocycles. The van der Waals surface area contributed by atoms with E-state index >= 15 is 0 Å². The van der Waals surface area contributed by atoms with Crippen LogP contribution in [0, 0.1) is 0 Å². The molecule has 0 radical (unpaired) electrons. The van der Waals surface area contributed by atoms with Gasteiger partial charge >= 0.3 is 0 Å². The molecule has 14 heavy (non-hydrogen) atoms. The van der Waals surface area contributed by atoms with Crippen molar-refractivity contribution < 1.29 is 0 Å². The van der Waals surface area contributed by atoms with Gasteiger partial charge in [0.2, 0.25) is 0 Å². The summed E-state index contributed by atoms with van der Waals surface area (Å²) in [7, 11) is 0. The molecule has 0 unspecified atom stereocenters. The van der Waals surface area contributed by atoms with Gasteiger partial charge in [0.05, 0.1) is 5.71 Å². The third kappa shape index (κ3) is 1.92. The molecule has 0 amide bonds. The first-order valence-corrected chi connectivity index (χ1v) is 5.20. The van der Waals surface area contributed by atoms with Crippen LogP contribution in [0.4, 0.5) is 0 Å². The van der Waals surface area contributed by atoms with Crippen LogP contribution in [0.1, 0.15) is 24.5 Å². The molecule has 1 heterocycles. The lowest BCUT2D eigenvalue weighted by molar-refractivity contribution is 0.993. The molecule has 0 spiro atoms. The number of aryl methyl sites for hydroxylation is 1. The molecule has 1 nitrogen and oxygen atoms in total. The van der Waals surface area contributed by atoms with Crippen molar-refractivity contribution in [3.63, 3.8) is 0 Å². The molecule has 2 rings (SSSR count). The van der Waals surface area contributed by atoms with Crippen molar-refractivity contribution in [2.75, 3.05) is 6.54 Å². The normalized spacial score (nSPS) is 15.4. The number of benzene rings is 1. The highest BCUT2D eigenvalue weighted by Gasteiger charge is 2.02. The lowest BCUT2D eigenvalue weighted by Crippen LogP contribution is -2.02. The first kappa shape index (κ1) is 9.20. The number of rotatable bonds is 2. The maximum atomic E-state index is 4.50. The zero-order valence-corrected chi connectivity index (χ0v) is 8.53. The van der Waals surface area contributed by atoms with E-state index in [9.17, 15) is 0 Å². The highest BCUT2D eigenvalue weighted by Crippen LogP contribution is 2.10. The maximum absolute atomic E-state index is 4.50. The van der Waals surface area contributed by atoms with Gasteiger partial charge in [-0.3, -0.25) is 4.99 Å².